The summed E-state index contributed by atoms with van der Waals surface area (Å²) in [5.41, 5.74) is 5.44. The van der Waals surface area contributed by atoms with Crippen molar-refractivity contribution in [3.8, 4) is 11.3 Å². The fraction of sp³-hybridized carbons (Fsp3) is 0.400. The maximum absolute atomic E-state index is 5.10. The molecule has 2 aliphatic carbocycles. The third kappa shape index (κ3) is 3.71. The van der Waals surface area contributed by atoms with Crippen molar-refractivity contribution < 1.29 is 0 Å². The lowest BCUT2D eigenvalue weighted by Gasteiger charge is -2.27. The van der Waals surface area contributed by atoms with Crippen molar-refractivity contribution in [1.82, 2.24) is 9.78 Å². The zero-order chi connectivity index (χ0) is 18.1. The molecule has 27 heavy (non-hydrogen) atoms. The van der Waals surface area contributed by atoms with E-state index in [1.807, 2.05) is 0 Å². The van der Waals surface area contributed by atoms with Crippen LogP contribution >= 0.6 is 0 Å². The Morgan fingerprint density at radius 1 is 0.741 bits per heavy atom. The summed E-state index contributed by atoms with van der Waals surface area (Å²) in [7, 11) is 0. The van der Waals surface area contributed by atoms with Gasteiger partial charge in [-0.15, -0.1) is 0 Å². The Morgan fingerprint density at radius 2 is 1.37 bits per heavy atom. The molecule has 138 valence electrons. The van der Waals surface area contributed by atoms with E-state index < -0.39 is 0 Å². The van der Waals surface area contributed by atoms with E-state index >= 15 is 0 Å². The summed E-state index contributed by atoms with van der Waals surface area (Å²) < 4.78 is 2.30. The number of rotatable bonds is 5. The van der Waals surface area contributed by atoms with E-state index in [1.165, 1.54) is 61.0 Å². The molecule has 0 saturated heterocycles. The van der Waals surface area contributed by atoms with Gasteiger partial charge in [0.05, 0.1) is 11.4 Å². The van der Waals surface area contributed by atoms with E-state index in [1.54, 1.807) is 0 Å². The van der Waals surface area contributed by atoms with Crippen LogP contribution in [0.25, 0.3) is 11.3 Å². The Balaban J connectivity index is 1.35. The Morgan fingerprint density at radius 3 is 2.04 bits per heavy atom. The highest BCUT2D eigenvalue weighted by Crippen LogP contribution is 2.41. The topological polar surface area (TPSA) is 17.8 Å². The second kappa shape index (κ2) is 7.34. The maximum Gasteiger partial charge on any atom is 0.0685 e. The van der Waals surface area contributed by atoms with Gasteiger partial charge in [0.1, 0.15) is 0 Å². The number of aromatic nitrogens is 2. The molecule has 2 saturated carbocycles. The SMILES string of the molecule is c1ccc(-c2cc(C3CCC(c4ccccc4)CC3)nn2CC2CC2)cc1. The van der Waals surface area contributed by atoms with Crippen LogP contribution in [0.2, 0.25) is 0 Å². The van der Waals surface area contributed by atoms with Crippen molar-refractivity contribution in [2.45, 2.75) is 56.9 Å². The van der Waals surface area contributed by atoms with Crippen molar-refractivity contribution in [2.75, 3.05) is 0 Å². The Labute approximate surface area is 162 Å². The number of hydrogen-bond donors (Lipinski definition) is 0. The second-order valence-corrected chi connectivity index (χ2v) is 8.41. The van der Waals surface area contributed by atoms with Gasteiger partial charge in [-0.05, 0) is 67.6 Å². The van der Waals surface area contributed by atoms with Crippen molar-refractivity contribution in [3.05, 3.63) is 78.0 Å². The molecule has 1 heterocycles. The first-order valence-corrected chi connectivity index (χ1v) is 10.5. The fourth-order valence-electron chi connectivity index (χ4n) is 4.61. The van der Waals surface area contributed by atoms with Crippen LogP contribution in [0.3, 0.4) is 0 Å². The third-order valence-corrected chi connectivity index (χ3v) is 6.41. The normalized spacial score (nSPS) is 22.7. The van der Waals surface area contributed by atoms with Gasteiger partial charge in [-0.1, -0.05) is 60.7 Å². The summed E-state index contributed by atoms with van der Waals surface area (Å²) in [6.45, 7) is 1.09. The molecule has 0 spiro atoms. The highest BCUT2D eigenvalue weighted by molar-refractivity contribution is 5.60. The fourth-order valence-corrected chi connectivity index (χ4v) is 4.61. The van der Waals surface area contributed by atoms with Gasteiger partial charge in [0.2, 0.25) is 0 Å². The molecule has 2 heteroatoms. The van der Waals surface area contributed by atoms with Gasteiger partial charge in [-0.25, -0.2) is 0 Å². The van der Waals surface area contributed by atoms with E-state index in [-0.39, 0.29) is 0 Å². The molecule has 3 aromatic rings. The van der Waals surface area contributed by atoms with Crippen molar-refractivity contribution in [3.63, 3.8) is 0 Å². The first-order chi connectivity index (χ1) is 13.4. The van der Waals surface area contributed by atoms with E-state index in [0.29, 0.717) is 5.92 Å². The number of nitrogens with zero attached hydrogens (tertiary/aromatic N) is 2. The van der Waals surface area contributed by atoms with Gasteiger partial charge in [-0.3, -0.25) is 4.68 Å². The molecular weight excluding hydrogens is 328 g/mol. The largest absolute Gasteiger partial charge is 0.264 e. The number of benzene rings is 2. The molecule has 0 bridgehead atoms. The lowest BCUT2D eigenvalue weighted by Crippen LogP contribution is -2.13. The predicted molar refractivity (Wildman–Crippen MR) is 111 cm³/mol. The van der Waals surface area contributed by atoms with Gasteiger partial charge in [-0.2, -0.15) is 5.10 Å². The lowest BCUT2D eigenvalue weighted by molar-refractivity contribution is 0.387. The summed E-state index contributed by atoms with van der Waals surface area (Å²) in [5, 5.41) is 5.10. The zero-order valence-electron chi connectivity index (χ0n) is 15.9. The zero-order valence-corrected chi connectivity index (χ0v) is 15.9. The minimum absolute atomic E-state index is 0.618. The molecule has 5 rings (SSSR count). The molecule has 0 amide bonds. The molecule has 2 aromatic carbocycles. The average Bonchev–Trinajstić information content (AvgIpc) is 3.46. The van der Waals surface area contributed by atoms with Crippen molar-refractivity contribution in [2.24, 2.45) is 5.92 Å². The molecule has 0 N–H and O–H groups in total. The van der Waals surface area contributed by atoms with E-state index in [0.717, 1.165) is 18.4 Å². The minimum atomic E-state index is 0.618. The molecule has 2 nitrogen and oxygen atoms in total. The second-order valence-electron chi connectivity index (χ2n) is 8.41. The minimum Gasteiger partial charge on any atom is -0.264 e. The van der Waals surface area contributed by atoms with Crippen LogP contribution in [0.15, 0.2) is 66.7 Å². The van der Waals surface area contributed by atoms with Crippen molar-refractivity contribution >= 4 is 0 Å². The highest BCUT2D eigenvalue weighted by atomic mass is 15.3. The smallest absolute Gasteiger partial charge is 0.0685 e. The highest BCUT2D eigenvalue weighted by Gasteiger charge is 2.28. The monoisotopic (exact) mass is 356 g/mol. The summed E-state index contributed by atoms with van der Waals surface area (Å²) in [6.07, 6.45) is 7.81. The van der Waals surface area contributed by atoms with Crippen LogP contribution in [0.4, 0.5) is 0 Å². The predicted octanol–water partition coefficient (Wildman–Crippen LogP) is 6.40. The molecule has 0 unspecified atom stereocenters. The van der Waals surface area contributed by atoms with E-state index in [4.69, 9.17) is 5.10 Å². The molecule has 1 aromatic heterocycles. The van der Waals surface area contributed by atoms with Crippen LogP contribution in [0.5, 0.6) is 0 Å². The van der Waals surface area contributed by atoms with E-state index in [2.05, 4.69) is 71.4 Å². The molecule has 2 fully saturated rings. The average molecular weight is 357 g/mol. The Bertz CT molecular complexity index is 869. The first-order valence-electron chi connectivity index (χ1n) is 10.5. The first kappa shape index (κ1) is 16.8. The summed E-state index contributed by atoms with van der Waals surface area (Å²) >= 11 is 0. The molecule has 2 aliphatic rings. The van der Waals surface area contributed by atoms with Gasteiger partial charge in [0.15, 0.2) is 0 Å². The van der Waals surface area contributed by atoms with Crippen LogP contribution in [0.1, 0.15) is 61.6 Å². The quantitative estimate of drug-likeness (QED) is 0.517. The molecular formula is C25H28N2. The Hall–Kier alpha value is -2.35. The standard InChI is InChI=1S/C25H28N2/c1-3-7-20(8-4-1)21-13-15-22(16-14-21)24-17-25(23-9-5-2-6-10-23)27(26-24)18-19-11-12-19/h1-10,17,19,21-22H,11-16,18H2. The van der Waals surface area contributed by atoms with Gasteiger partial charge < -0.3 is 0 Å². The van der Waals surface area contributed by atoms with Gasteiger partial charge in [0.25, 0.3) is 0 Å². The molecule has 0 radical (unpaired) electrons. The maximum atomic E-state index is 5.10. The summed E-state index contributed by atoms with van der Waals surface area (Å²) in [5.74, 6) is 2.19. The van der Waals surface area contributed by atoms with Crippen LogP contribution in [-0.4, -0.2) is 9.78 Å². The Kier molecular flexibility index (Phi) is 4.57. The lowest BCUT2D eigenvalue weighted by atomic mass is 9.77. The van der Waals surface area contributed by atoms with Crippen LogP contribution in [-0.2, 0) is 6.54 Å². The summed E-state index contributed by atoms with van der Waals surface area (Å²) in [6, 6.07) is 24.2. The van der Waals surface area contributed by atoms with Crippen molar-refractivity contribution in [1.29, 1.82) is 0 Å². The van der Waals surface area contributed by atoms with Gasteiger partial charge >= 0.3 is 0 Å². The molecule has 0 aliphatic heterocycles. The van der Waals surface area contributed by atoms with Gasteiger partial charge in [0, 0.05) is 12.5 Å². The van der Waals surface area contributed by atoms with E-state index in [9.17, 15) is 0 Å². The number of hydrogen-bond acceptors (Lipinski definition) is 1. The molecule has 0 atom stereocenters. The third-order valence-electron chi connectivity index (χ3n) is 6.41. The van der Waals surface area contributed by atoms with Crippen LogP contribution in [0, 0.1) is 5.92 Å². The summed E-state index contributed by atoms with van der Waals surface area (Å²) in [4.78, 5) is 0. The van der Waals surface area contributed by atoms with Crippen LogP contribution < -0.4 is 0 Å².